The molecule has 33 heavy (non-hydrogen) atoms. The average molecular weight is 475 g/mol. The van der Waals surface area contributed by atoms with Gasteiger partial charge >= 0.3 is 0 Å². The third-order valence-corrected chi connectivity index (χ3v) is 7.43. The van der Waals surface area contributed by atoms with E-state index < -0.39 is 0 Å². The van der Waals surface area contributed by atoms with Gasteiger partial charge in [-0.3, -0.25) is 14.7 Å². The number of pyridine rings is 1. The van der Waals surface area contributed by atoms with E-state index >= 15 is 0 Å². The van der Waals surface area contributed by atoms with E-state index in [1.165, 1.54) is 6.07 Å². The molecule has 5 nitrogen and oxygen atoms in total. The van der Waals surface area contributed by atoms with Crippen molar-refractivity contribution in [2.24, 2.45) is 0 Å². The van der Waals surface area contributed by atoms with Crippen molar-refractivity contribution < 1.29 is 9.18 Å². The van der Waals surface area contributed by atoms with Crippen molar-refractivity contribution in [2.75, 3.05) is 26.2 Å². The fourth-order valence-electron chi connectivity index (χ4n) is 5.22. The third kappa shape index (κ3) is 5.92. The summed E-state index contributed by atoms with van der Waals surface area (Å²) in [5, 5.41) is 3.60. The molecule has 0 unspecified atom stereocenters. The van der Waals surface area contributed by atoms with Gasteiger partial charge in [0.1, 0.15) is 5.82 Å². The molecule has 1 aromatic carbocycles. The topological polar surface area (TPSA) is 48.5 Å². The predicted octanol–water partition coefficient (Wildman–Crippen LogP) is 4.51. The van der Waals surface area contributed by atoms with Gasteiger partial charge in [-0.2, -0.15) is 0 Å². The first-order chi connectivity index (χ1) is 15.4. The number of halogens is 2. The number of aromatic nitrogens is 1. The van der Waals surface area contributed by atoms with Gasteiger partial charge in [-0.25, -0.2) is 4.39 Å². The SMILES string of the molecule is Cc1ccnc(C)c1C(=O)N1CCC(C)(N2CCC(NCc3cccc(F)c3)CC2)CC1.Cl. The maximum atomic E-state index is 13.4. The van der Waals surface area contributed by atoms with Crippen LogP contribution in [0.3, 0.4) is 0 Å². The normalized spacial score (nSPS) is 19.2. The van der Waals surface area contributed by atoms with Crippen molar-refractivity contribution in [2.45, 2.75) is 64.6 Å². The highest BCUT2D eigenvalue weighted by Crippen LogP contribution is 2.32. The Morgan fingerprint density at radius 1 is 1.15 bits per heavy atom. The van der Waals surface area contributed by atoms with Crippen molar-refractivity contribution in [1.29, 1.82) is 0 Å². The molecule has 1 aromatic heterocycles. The van der Waals surface area contributed by atoms with Gasteiger partial charge in [-0.1, -0.05) is 12.1 Å². The van der Waals surface area contributed by atoms with Crippen LogP contribution in [0.4, 0.5) is 4.39 Å². The van der Waals surface area contributed by atoms with Crippen LogP contribution in [0, 0.1) is 19.7 Å². The van der Waals surface area contributed by atoms with Crippen LogP contribution in [0.25, 0.3) is 0 Å². The molecule has 4 rings (SSSR count). The molecule has 3 heterocycles. The van der Waals surface area contributed by atoms with Crippen LogP contribution in [0.1, 0.15) is 59.8 Å². The zero-order valence-corrected chi connectivity index (χ0v) is 20.8. The number of carbonyl (C=O) groups excluding carboxylic acids is 1. The number of piperidine rings is 2. The lowest BCUT2D eigenvalue weighted by atomic mass is 9.85. The van der Waals surface area contributed by atoms with Gasteiger partial charge in [0.05, 0.1) is 11.3 Å². The fraction of sp³-hybridized carbons (Fsp3) is 0.538. The van der Waals surface area contributed by atoms with Gasteiger partial charge in [-0.05, 0) is 75.8 Å². The number of hydrogen-bond acceptors (Lipinski definition) is 4. The molecule has 0 bridgehead atoms. The van der Waals surface area contributed by atoms with Crippen LogP contribution >= 0.6 is 12.4 Å². The molecule has 180 valence electrons. The lowest BCUT2D eigenvalue weighted by Gasteiger charge is -2.49. The lowest BCUT2D eigenvalue weighted by Crippen LogP contribution is -2.57. The Morgan fingerprint density at radius 3 is 2.48 bits per heavy atom. The molecule has 0 radical (unpaired) electrons. The van der Waals surface area contributed by atoms with Crippen molar-refractivity contribution in [3.63, 3.8) is 0 Å². The summed E-state index contributed by atoms with van der Waals surface area (Å²) < 4.78 is 13.4. The molecule has 0 atom stereocenters. The summed E-state index contributed by atoms with van der Waals surface area (Å²) in [5.41, 5.74) is 3.72. The first-order valence-electron chi connectivity index (χ1n) is 11.8. The van der Waals surface area contributed by atoms with Crippen molar-refractivity contribution in [3.8, 4) is 0 Å². The Hall–Kier alpha value is -2.02. The molecular formula is C26H36ClFN4O. The minimum Gasteiger partial charge on any atom is -0.338 e. The van der Waals surface area contributed by atoms with Crippen molar-refractivity contribution >= 4 is 18.3 Å². The number of nitrogens with zero attached hydrogens (tertiary/aromatic N) is 3. The predicted molar refractivity (Wildman–Crippen MR) is 132 cm³/mol. The highest BCUT2D eigenvalue weighted by molar-refractivity contribution is 5.96. The minimum atomic E-state index is -0.175. The van der Waals surface area contributed by atoms with E-state index in [1.54, 1.807) is 18.3 Å². The quantitative estimate of drug-likeness (QED) is 0.692. The van der Waals surface area contributed by atoms with Gasteiger partial charge in [0, 0.05) is 50.5 Å². The number of nitrogens with one attached hydrogen (secondary N) is 1. The number of rotatable bonds is 5. The van der Waals surface area contributed by atoms with Crippen LogP contribution in [0.5, 0.6) is 0 Å². The van der Waals surface area contributed by atoms with Crippen LogP contribution in [-0.2, 0) is 6.54 Å². The van der Waals surface area contributed by atoms with Crippen molar-refractivity contribution in [1.82, 2.24) is 20.1 Å². The second kappa shape index (κ2) is 10.9. The van der Waals surface area contributed by atoms with E-state index in [9.17, 15) is 9.18 Å². The number of amides is 1. The van der Waals surface area contributed by atoms with Crippen LogP contribution in [-0.4, -0.2) is 58.5 Å². The molecule has 7 heteroatoms. The second-order valence-electron chi connectivity index (χ2n) is 9.65. The van der Waals surface area contributed by atoms with E-state index in [-0.39, 0.29) is 29.7 Å². The highest BCUT2D eigenvalue weighted by atomic mass is 35.5. The highest BCUT2D eigenvalue weighted by Gasteiger charge is 2.38. The Balaban J connectivity index is 0.00000306. The van der Waals surface area contributed by atoms with Gasteiger partial charge in [-0.15, -0.1) is 12.4 Å². The molecule has 0 aliphatic carbocycles. The molecule has 2 aliphatic heterocycles. The van der Waals surface area contributed by atoms with E-state index in [2.05, 4.69) is 22.1 Å². The first kappa shape index (κ1) is 25.6. The number of aryl methyl sites for hydroxylation is 2. The molecule has 1 amide bonds. The second-order valence-corrected chi connectivity index (χ2v) is 9.65. The molecule has 1 N–H and O–H groups in total. The third-order valence-electron chi connectivity index (χ3n) is 7.43. The molecule has 0 saturated carbocycles. The van der Waals surface area contributed by atoms with E-state index in [1.807, 2.05) is 30.9 Å². The molecule has 2 saturated heterocycles. The summed E-state index contributed by atoms with van der Waals surface area (Å²) >= 11 is 0. The average Bonchev–Trinajstić information content (AvgIpc) is 2.78. The Labute approximate surface area is 203 Å². The van der Waals surface area contributed by atoms with Crippen molar-refractivity contribution in [3.05, 3.63) is 64.7 Å². The van der Waals surface area contributed by atoms with E-state index in [0.29, 0.717) is 12.6 Å². The first-order valence-corrected chi connectivity index (χ1v) is 11.8. The minimum absolute atomic E-state index is 0. The zero-order chi connectivity index (χ0) is 22.7. The van der Waals surface area contributed by atoms with Gasteiger partial charge in [0.25, 0.3) is 5.91 Å². The number of benzene rings is 1. The molecule has 2 aromatic rings. The summed E-state index contributed by atoms with van der Waals surface area (Å²) in [6, 6.07) is 9.21. The Kier molecular flexibility index (Phi) is 8.48. The molecule has 2 aliphatic rings. The smallest absolute Gasteiger partial charge is 0.255 e. The lowest BCUT2D eigenvalue weighted by molar-refractivity contribution is 0.0153. The Bertz CT molecular complexity index is 933. The molecule has 0 spiro atoms. The number of hydrogen-bond donors (Lipinski definition) is 1. The summed E-state index contributed by atoms with van der Waals surface area (Å²) in [6.07, 6.45) is 5.96. The molecule has 2 fully saturated rings. The maximum Gasteiger partial charge on any atom is 0.255 e. The number of likely N-dealkylation sites (tertiary alicyclic amines) is 2. The molecular weight excluding hydrogens is 439 g/mol. The standard InChI is InChI=1S/C26H35FN4O.ClH/c1-19-7-12-28-20(2)24(19)25(32)30-15-10-26(3,11-16-30)31-13-8-23(9-14-31)29-18-21-5-4-6-22(27)17-21;/h4-7,12,17,23,29H,8-11,13-16,18H2,1-3H3;1H. The Morgan fingerprint density at radius 2 is 1.85 bits per heavy atom. The summed E-state index contributed by atoms with van der Waals surface area (Å²) in [7, 11) is 0. The van der Waals surface area contributed by atoms with Crippen LogP contribution in [0.2, 0.25) is 0 Å². The largest absolute Gasteiger partial charge is 0.338 e. The van der Waals surface area contributed by atoms with Crippen LogP contribution in [0.15, 0.2) is 36.5 Å². The zero-order valence-electron chi connectivity index (χ0n) is 19.9. The van der Waals surface area contributed by atoms with Gasteiger partial charge < -0.3 is 10.2 Å². The summed E-state index contributed by atoms with van der Waals surface area (Å²) in [6.45, 7) is 10.7. The summed E-state index contributed by atoms with van der Waals surface area (Å²) in [5.74, 6) is -0.0545. The monoisotopic (exact) mass is 474 g/mol. The van der Waals surface area contributed by atoms with E-state index in [0.717, 1.165) is 74.2 Å². The summed E-state index contributed by atoms with van der Waals surface area (Å²) in [4.78, 5) is 22.1. The van der Waals surface area contributed by atoms with Gasteiger partial charge in [0.2, 0.25) is 0 Å². The fourth-order valence-corrected chi connectivity index (χ4v) is 5.22. The maximum absolute atomic E-state index is 13.4. The van der Waals surface area contributed by atoms with Gasteiger partial charge in [0.15, 0.2) is 0 Å². The van der Waals surface area contributed by atoms with E-state index in [4.69, 9.17) is 0 Å². The number of carbonyl (C=O) groups is 1. The van der Waals surface area contributed by atoms with Crippen LogP contribution < -0.4 is 5.32 Å².